The summed E-state index contributed by atoms with van der Waals surface area (Å²) in [4.78, 5) is 19.1. The first-order chi connectivity index (χ1) is 11.1. The molecule has 6 heteroatoms. The summed E-state index contributed by atoms with van der Waals surface area (Å²) >= 11 is 0. The van der Waals surface area contributed by atoms with Crippen molar-refractivity contribution < 1.29 is 14.3 Å². The molecule has 0 N–H and O–H groups in total. The molecule has 2 aliphatic rings. The van der Waals surface area contributed by atoms with Crippen LogP contribution in [0.25, 0.3) is 0 Å². The third-order valence-corrected chi connectivity index (χ3v) is 4.81. The van der Waals surface area contributed by atoms with Crippen LogP contribution in [0, 0.1) is 0 Å². The first kappa shape index (κ1) is 18.6. The zero-order valence-corrected chi connectivity index (χ0v) is 15.0. The second kappa shape index (κ2) is 9.57. The van der Waals surface area contributed by atoms with Crippen LogP contribution in [0.15, 0.2) is 0 Å². The van der Waals surface area contributed by atoms with Gasteiger partial charge in [-0.1, -0.05) is 0 Å². The summed E-state index contributed by atoms with van der Waals surface area (Å²) in [5.74, 6) is 0.262. The maximum atomic E-state index is 12.6. The maximum absolute atomic E-state index is 12.6. The van der Waals surface area contributed by atoms with Gasteiger partial charge in [0.05, 0.1) is 25.4 Å². The molecule has 0 aromatic rings. The highest BCUT2D eigenvalue weighted by molar-refractivity contribution is 5.81. The molecule has 2 aliphatic heterocycles. The van der Waals surface area contributed by atoms with Crippen molar-refractivity contribution in [1.29, 1.82) is 0 Å². The SMILES string of the molecule is C[C@@H](C(=O)N1CCC(OCCCN(C)C)CC1)N1CCOCC1. The molecule has 0 unspecified atom stereocenters. The minimum atomic E-state index is -0.0311. The van der Waals surface area contributed by atoms with Gasteiger partial charge in [0.2, 0.25) is 5.91 Å². The number of amides is 1. The molecule has 0 radical (unpaired) electrons. The number of rotatable bonds is 7. The molecule has 0 saturated carbocycles. The number of morpholine rings is 1. The lowest BCUT2D eigenvalue weighted by molar-refractivity contribution is -0.140. The van der Waals surface area contributed by atoms with Crippen molar-refractivity contribution in [3.05, 3.63) is 0 Å². The Kier molecular flexibility index (Phi) is 7.76. The lowest BCUT2D eigenvalue weighted by atomic mass is 10.1. The summed E-state index contributed by atoms with van der Waals surface area (Å²) < 4.78 is 11.3. The van der Waals surface area contributed by atoms with Gasteiger partial charge in [0, 0.05) is 32.8 Å². The summed E-state index contributed by atoms with van der Waals surface area (Å²) in [5, 5.41) is 0. The normalized spacial score (nSPS) is 22.5. The van der Waals surface area contributed by atoms with Crippen LogP contribution in [0.2, 0.25) is 0 Å². The fraction of sp³-hybridized carbons (Fsp3) is 0.941. The third kappa shape index (κ3) is 6.03. The molecule has 134 valence electrons. The molecule has 2 heterocycles. The second-order valence-corrected chi connectivity index (χ2v) is 6.88. The van der Waals surface area contributed by atoms with Crippen LogP contribution in [0.1, 0.15) is 26.2 Å². The quantitative estimate of drug-likeness (QED) is 0.643. The molecule has 2 rings (SSSR count). The van der Waals surface area contributed by atoms with Gasteiger partial charge in [-0.25, -0.2) is 0 Å². The first-order valence-corrected chi connectivity index (χ1v) is 8.95. The van der Waals surface area contributed by atoms with E-state index in [9.17, 15) is 4.79 Å². The average molecular weight is 327 g/mol. The molecular weight excluding hydrogens is 294 g/mol. The minimum Gasteiger partial charge on any atom is -0.379 e. The van der Waals surface area contributed by atoms with Crippen LogP contribution in [0.5, 0.6) is 0 Å². The van der Waals surface area contributed by atoms with Crippen LogP contribution in [0.3, 0.4) is 0 Å². The first-order valence-electron chi connectivity index (χ1n) is 8.95. The molecule has 0 aromatic carbocycles. The number of likely N-dealkylation sites (tertiary alicyclic amines) is 1. The second-order valence-electron chi connectivity index (χ2n) is 6.88. The van der Waals surface area contributed by atoms with Crippen molar-refractivity contribution >= 4 is 5.91 Å². The summed E-state index contributed by atoms with van der Waals surface area (Å²) in [6.45, 7) is 8.75. The van der Waals surface area contributed by atoms with E-state index in [0.717, 1.165) is 71.8 Å². The topological polar surface area (TPSA) is 45.2 Å². The van der Waals surface area contributed by atoms with Crippen LogP contribution < -0.4 is 0 Å². The Morgan fingerprint density at radius 2 is 1.87 bits per heavy atom. The molecule has 1 atom stereocenters. The summed E-state index contributed by atoms with van der Waals surface area (Å²) in [6.07, 6.45) is 3.31. The van der Waals surface area contributed by atoms with E-state index in [-0.39, 0.29) is 11.9 Å². The van der Waals surface area contributed by atoms with Crippen molar-refractivity contribution in [2.45, 2.75) is 38.3 Å². The number of carbonyl (C=O) groups is 1. The Hall–Kier alpha value is -0.690. The lowest BCUT2D eigenvalue weighted by Gasteiger charge is -2.37. The van der Waals surface area contributed by atoms with E-state index < -0.39 is 0 Å². The third-order valence-electron chi connectivity index (χ3n) is 4.81. The number of piperidine rings is 1. The predicted octanol–water partition coefficient (Wildman–Crippen LogP) is 0.666. The van der Waals surface area contributed by atoms with E-state index in [1.54, 1.807) is 0 Å². The molecule has 0 aliphatic carbocycles. The van der Waals surface area contributed by atoms with E-state index in [1.807, 2.05) is 11.8 Å². The number of nitrogens with zero attached hydrogens (tertiary/aromatic N) is 3. The number of ether oxygens (including phenoxy) is 2. The highest BCUT2D eigenvalue weighted by atomic mass is 16.5. The van der Waals surface area contributed by atoms with Crippen LogP contribution in [0.4, 0.5) is 0 Å². The van der Waals surface area contributed by atoms with E-state index in [2.05, 4.69) is 23.9 Å². The van der Waals surface area contributed by atoms with Gasteiger partial charge in [0.25, 0.3) is 0 Å². The van der Waals surface area contributed by atoms with Crippen molar-refractivity contribution in [2.24, 2.45) is 0 Å². The largest absolute Gasteiger partial charge is 0.379 e. The molecule has 2 saturated heterocycles. The Labute approximate surface area is 140 Å². The van der Waals surface area contributed by atoms with Crippen molar-refractivity contribution in [1.82, 2.24) is 14.7 Å². The van der Waals surface area contributed by atoms with Gasteiger partial charge in [-0.15, -0.1) is 0 Å². The van der Waals surface area contributed by atoms with E-state index in [0.29, 0.717) is 6.10 Å². The molecule has 0 aromatic heterocycles. The summed E-state index contributed by atoms with van der Waals surface area (Å²) in [6, 6.07) is -0.0311. The van der Waals surface area contributed by atoms with Gasteiger partial charge in [0.1, 0.15) is 0 Å². The standard InChI is InChI=1S/C17H33N3O3/c1-15(19-10-13-22-14-11-19)17(21)20-8-5-16(6-9-20)23-12-4-7-18(2)3/h15-16H,4-14H2,1-3H3/t15-/m0/s1. The number of carbonyl (C=O) groups excluding carboxylic acids is 1. The highest BCUT2D eigenvalue weighted by Crippen LogP contribution is 2.16. The lowest BCUT2D eigenvalue weighted by Crippen LogP contribution is -2.52. The van der Waals surface area contributed by atoms with Gasteiger partial charge in [-0.05, 0) is 46.8 Å². The van der Waals surface area contributed by atoms with Gasteiger partial charge in [-0.2, -0.15) is 0 Å². The van der Waals surface area contributed by atoms with Crippen LogP contribution in [-0.2, 0) is 14.3 Å². The van der Waals surface area contributed by atoms with E-state index in [1.165, 1.54) is 0 Å². The molecule has 2 fully saturated rings. The summed E-state index contributed by atoms with van der Waals surface area (Å²) in [5.41, 5.74) is 0. The zero-order valence-electron chi connectivity index (χ0n) is 15.0. The Morgan fingerprint density at radius 1 is 1.22 bits per heavy atom. The Balaban J connectivity index is 1.66. The maximum Gasteiger partial charge on any atom is 0.239 e. The molecule has 0 bridgehead atoms. The highest BCUT2D eigenvalue weighted by Gasteiger charge is 2.30. The van der Waals surface area contributed by atoms with E-state index >= 15 is 0 Å². The van der Waals surface area contributed by atoms with Gasteiger partial charge in [0.15, 0.2) is 0 Å². The van der Waals surface area contributed by atoms with Gasteiger partial charge in [-0.3, -0.25) is 9.69 Å². The average Bonchev–Trinajstić information content (AvgIpc) is 2.58. The zero-order chi connectivity index (χ0) is 16.7. The molecule has 1 amide bonds. The molecule has 23 heavy (non-hydrogen) atoms. The molecule has 0 spiro atoms. The van der Waals surface area contributed by atoms with Crippen LogP contribution >= 0.6 is 0 Å². The fourth-order valence-corrected chi connectivity index (χ4v) is 3.26. The van der Waals surface area contributed by atoms with Gasteiger partial charge >= 0.3 is 0 Å². The van der Waals surface area contributed by atoms with Gasteiger partial charge < -0.3 is 19.3 Å². The number of hydrogen-bond donors (Lipinski definition) is 0. The molecular formula is C17H33N3O3. The fourth-order valence-electron chi connectivity index (χ4n) is 3.26. The van der Waals surface area contributed by atoms with Crippen molar-refractivity contribution in [3.8, 4) is 0 Å². The summed E-state index contributed by atoms with van der Waals surface area (Å²) in [7, 11) is 4.17. The molecule has 6 nitrogen and oxygen atoms in total. The monoisotopic (exact) mass is 327 g/mol. The smallest absolute Gasteiger partial charge is 0.239 e. The van der Waals surface area contributed by atoms with Crippen molar-refractivity contribution in [3.63, 3.8) is 0 Å². The number of hydrogen-bond acceptors (Lipinski definition) is 5. The predicted molar refractivity (Wildman–Crippen MR) is 90.6 cm³/mol. The van der Waals surface area contributed by atoms with Crippen LogP contribution in [-0.4, -0.2) is 99.4 Å². The Morgan fingerprint density at radius 3 is 2.48 bits per heavy atom. The van der Waals surface area contributed by atoms with Crippen molar-refractivity contribution in [2.75, 3.05) is 66.6 Å². The Bertz CT molecular complexity index is 351. The minimum absolute atomic E-state index is 0.0311. The van der Waals surface area contributed by atoms with E-state index in [4.69, 9.17) is 9.47 Å².